The van der Waals surface area contributed by atoms with Crippen LogP contribution < -0.4 is 5.32 Å². The van der Waals surface area contributed by atoms with Gasteiger partial charge in [0.1, 0.15) is 0 Å². The molecular weight excluding hydrogens is 465 g/mol. The molecule has 2 aromatic carbocycles. The van der Waals surface area contributed by atoms with E-state index in [1.807, 2.05) is 0 Å². The van der Waals surface area contributed by atoms with Crippen molar-refractivity contribution in [2.45, 2.75) is 17.7 Å². The summed E-state index contributed by atoms with van der Waals surface area (Å²) >= 11 is 13.2. The molecule has 1 aliphatic rings. The molecule has 1 fully saturated rings. The fourth-order valence-corrected chi connectivity index (χ4v) is 5.90. The molecule has 0 bridgehead atoms. The average molecular weight is 482 g/mol. The number of nitrogens with one attached hydrogen (secondary N) is 1. The predicted octanol–water partition coefficient (Wildman–Crippen LogP) is 5.15. The van der Waals surface area contributed by atoms with Crippen LogP contribution in [0.4, 0.5) is 5.13 Å². The largest absolute Gasteiger partial charge is 0.298 e. The van der Waals surface area contributed by atoms with E-state index in [2.05, 4.69) is 10.3 Å². The van der Waals surface area contributed by atoms with Crippen LogP contribution in [0.2, 0.25) is 10.0 Å². The number of carbonyl (C=O) groups is 1. The lowest BCUT2D eigenvalue weighted by molar-refractivity contribution is 0.102. The summed E-state index contributed by atoms with van der Waals surface area (Å²) in [6, 6.07) is 11.3. The third-order valence-corrected chi connectivity index (χ3v) is 7.97. The Morgan fingerprint density at radius 2 is 1.77 bits per heavy atom. The minimum atomic E-state index is -3.45. The molecule has 0 saturated carbocycles. The van der Waals surface area contributed by atoms with Crippen molar-refractivity contribution in [2.75, 3.05) is 18.4 Å². The molecule has 30 heavy (non-hydrogen) atoms. The lowest BCUT2D eigenvalue weighted by Gasteiger charge is -2.15. The van der Waals surface area contributed by atoms with Crippen molar-refractivity contribution in [3.63, 3.8) is 0 Å². The van der Waals surface area contributed by atoms with Gasteiger partial charge in [-0.15, -0.1) is 11.3 Å². The van der Waals surface area contributed by atoms with Crippen LogP contribution >= 0.6 is 34.5 Å². The lowest BCUT2D eigenvalue weighted by atomic mass is 10.2. The molecule has 1 aromatic heterocycles. The van der Waals surface area contributed by atoms with E-state index < -0.39 is 10.0 Å². The zero-order valence-electron chi connectivity index (χ0n) is 15.6. The number of anilines is 1. The van der Waals surface area contributed by atoms with E-state index in [0.29, 0.717) is 34.5 Å². The van der Waals surface area contributed by atoms with Crippen molar-refractivity contribution in [2.24, 2.45) is 0 Å². The predicted molar refractivity (Wildman–Crippen MR) is 120 cm³/mol. The topological polar surface area (TPSA) is 79.4 Å². The van der Waals surface area contributed by atoms with Gasteiger partial charge in [-0.1, -0.05) is 35.3 Å². The minimum Gasteiger partial charge on any atom is -0.298 e. The highest BCUT2D eigenvalue weighted by Crippen LogP contribution is 2.28. The number of carbonyl (C=O) groups excluding carboxylic acids is 1. The van der Waals surface area contributed by atoms with Crippen molar-refractivity contribution in [3.8, 4) is 11.3 Å². The quantitative estimate of drug-likeness (QED) is 0.545. The highest BCUT2D eigenvalue weighted by atomic mass is 35.5. The van der Waals surface area contributed by atoms with E-state index >= 15 is 0 Å². The smallest absolute Gasteiger partial charge is 0.258 e. The Labute approximate surface area is 188 Å². The fraction of sp³-hybridized carbons (Fsp3) is 0.200. The summed E-state index contributed by atoms with van der Waals surface area (Å²) in [5.74, 6) is -0.385. The zero-order valence-corrected chi connectivity index (χ0v) is 18.8. The molecule has 1 aliphatic heterocycles. The van der Waals surface area contributed by atoms with Crippen LogP contribution in [-0.2, 0) is 10.0 Å². The van der Waals surface area contributed by atoms with Crippen molar-refractivity contribution in [1.29, 1.82) is 0 Å². The molecule has 10 heteroatoms. The Morgan fingerprint density at radius 1 is 1.07 bits per heavy atom. The molecule has 156 valence electrons. The molecule has 1 amide bonds. The third-order valence-electron chi connectivity index (χ3n) is 4.75. The van der Waals surface area contributed by atoms with Gasteiger partial charge in [-0.25, -0.2) is 13.4 Å². The van der Waals surface area contributed by atoms with Crippen LogP contribution in [0.25, 0.3) is 11.3 Å². The van der Waals surface area contributed by atoms with Gasteiger partial charge in [-0.3, -0.25) is 10.1 Å². The first-order valence-corrected chi connectivity index (χ1v) is 12.2. The van der Waals surface area contributed by atoms with E-state index in [1.54, 1.807) is 41.8 Å². The van der Waals surface area contributed by atoms with Gasteiger partial charge in [0, 0.05) is 29.1 Å². The Bertz CT molecular complexity index is 1190. The van der Waals surface area contributed by atoms with Crippen LogP contribution in [0.5, 0.6) is 0 Å². The summed E-state index contributed by atoms with van der Waals surface area (Å²) in [7, 11) is -3.45. The highest BCUT2D eigenvalue weighted by Gasteiger charge is 2.27. The molecule has 0 aliphatic carbocycles. The second kappa shape index (κ2) is 8.64. The van der Waals surface area contributed by atoms with Crippen molar-refractivity contribution >= 4 is 55.6 Å². The number of hydrogen-bond donors (Lipinski definition) is 1. The lowest BCUT2D eigenvalue weighted by Crippen LogP contribution is -2.27. The first-order valence-electron chi connectivity index (χ1n) is 9.17. The number of nitrogens with zero attached hydrogens (tertiary/aromatic N) is 2. The molecule has 0 radical (unpaired) electrons. The summed E-state index contributed by atoms with van der Waals surface area (Å²) in [6.45, 7) is 1.13. The van der Waals surface area contributed by atoms with E-state index in [-0.39, 0.29) is 15.8 Å². The van der Waals surface area contributed by atoms with Gasteiger partial charge >= 0.3 is 0 Å². The first-order chi connectivity index (χ1) is 14.3. The second-order valence-electron chi connectivity index (χ2n) is 6.75. The molecule has 0 unspecified atom stereocenters. The highest BCUT2D eigenvalue weighted by molar-refractivity contribution is 7.89. The second-order valence-corrected chi connectivity index (χ2v) is 10.4. The number of sulfonamides is 1. The number of hydrogen-bond acceptors (Lipinski definition) is 5. The van der Waals surface area contributed by atoms with Crippen LogP contribution in [0.15, 0.2) is 52.7 Å². The van der Waals surface area contributed by atoms with Gasteiger partial charge in [0.05, 0.1) is 21.2 Å². The van der Waals surface area contributed by atoms with Crippen molar-refractivity contribution < 1.29 is 13.2 Å². The van der Waals surface area contributed by atoms with Gasteiger partial charge in [-0.05, 0) is 43.2 Å². The maximum Gasteiger partial charge on any atom is 0.258 e. The maximum atomic E-state index is 12.6. The van der Waals surface area contributed by atoms with E-state index in [0.717, 1.165) is 18.4 Å². The summed E-state index contributed by atoms with van der Waals surface area (Å²) in [5, 5.41) is 5.63. The van der Waals surface area contributed by atoms with E-state index in [4.69, 9.17) is 23.2 Å². The summed E-state index contributed by atoms with van der Waals surface area (Å²) in [6.07, 6.45) is 1.79. The summed E-state index contributed by atoms with van der Waals surface area (Å²) in [4.78, 5) is 17.1. The van der Waals surface area contributed by atoms with Gasteiger partial charge in [0.25, 0.3) is 5.91 Å². The number of thiazole rings is 1. The van der Waals surface area contributed by atoms with Crippen LogP contribution in [0.1, 0.15) is 23.2 Å². The molecule has 1 saturated heterocycles. The van der Waals surface area contributed by atoms with Gasteiger partial charge in [0.2, 0.25) is 10.0 Å². The monoisotopic (exact) mass is 481 g/mol. The molecule has 3 aromatic rings. The maximum absolute atomic E-state index is 12.6. The van der Waals surface area contributed by atoms with Crippen LogP contribution in [0.3, 0.4) is 0 Å². The van der Waals surface area contributed by atoms with Gasteiger partial charge < -0.3 is 0 Å². The Morgan fingerprint density at radius 3 is 2.43 bits per heavy atom. The van der Waals surface area contributed by atoms with Crippen molar-refractivity contribution in [1.82, 2.24) is 9.29 Å². The zero-order chi connectivity index (χ0) is 21.3. The van der Waals surface area contributed by atoms with Crippen molar-refractivity contribution in [3.05, 3.63) is 63.5 Å². The Balaban J connectivity index is 1.49. The first kappa shape index (κ1) is 21.3. The Hall–Kier alpha value is -1.97. The third kappa shape index (κ3) is 4.38. The van der Waals surface area contributed by atoms with Gasteiger partial charge in [-0.2, -0.15) is 4.31 Å². The van der Waals surface area contributed by atoms with Gasteiger partial charge in [0.15, 0.2) is 5.13 Å². The standard InChI is InChI=1S/C20H17Cl2N3O3S2/c21-14-5-8-16(17(22)11-14)19(26)24-20-23-18(12-29-20)13-3-6-15(7-4-13)30(27,28)25-9-1-2-10-25/h3-8,11-12H,1-2,9-10H2,(H,23,24,26). The normalized spacial score (nSPS) is 14.7. The number of halogens is 2. The van der Waals surface area contributed by atoms with E-state index in [1.165, 1.54) is 21.7 Å². The molecule has 6 nitrogen and oxygen atoms in total. The molecule has 4 rings (SSSR count). The molecule has 0 spiro atoms. The summed E-state index contributed by atoms with van der Waals surface area (Å²) in [5.41, 5.74) is 1.70. The molecule has 0 atom stereocenters. The fourth-order valence-electron chi connectivity index (χ4n) is 3.18. The minimum absolute atomic E-state index is 0.256. The van der Waals surface area contributed by atoms with Crippen LogP contribution in [-0.4, -0.2) is 36.7 Å². The Kier molecular flexibility index (Phi) is 6.13. The average Bonchev–Trinajstić information content (AvgIpc) is 3.40. The summed E-state index contributed by atoms with van der Waals surface area (Å²) < 4.78 is 26.8. The van der Waals surface area contributed by atoms with Crippen LogP contribution in [0, 0.1) is 0 Å². The number of aromatic nitrogens is 1. The van der Waals surface area contributed by atoms with E-state index in [9.17, 15) is 13.2 Å². The number of benzene rings is 2. The number of rotatable bonds is 5. The SMILES string of the molecule is O=C(Nc1nc(-c2ccc(S(=O)(=O)N3CCCC3)cc2)cs1)c1ccc(Cl)cc1Cl. The molecular formula is C20H17Cl2N3O3S2. The molecule has 1 N–H and O–H groups in total. The molecule has 2 heterocycles. The number of amides is 1.